The molecule has 6 heteroatoms. The van der Waals surface area contributed by atoms with Crippen LogP contribution in [0.5, 0.6) is 17.2 Å². The number of carbonyl (C=O) groups is 2. The molecule has 0 N–H and O–H groups in total. The SMILES string of the molecule is COc1cccc(OC)c1OCCC(=O)N1CCC(=O)CC1. The van der Waals surface area contributed by atoms with Crippen molar-refractivity contribution in [2.75, 3.05) is 33.9 Å². The van der Waals surface area contributed by atoms with Gasteiger partial charge in [0.25, 0.3) is 0 Å². The van der Waals surface area contributed by atoms with E-state index in [1.54, 1.807) is 37.3 Å². The van der Waals surface area contributed by atoms with Gasteiger partial charge in [0.05, 0.1) is 27.2 Å². The van der Waals surface area contributed by atoms with Crippen molar-refractivity contribution < 1.29 is 23.8 Å². The number of para-hydroxylation sites is 1. The van der Waals surface area contributed by atoms with E-state index < -0.39 is 0 Å². The Labute approximate surface area is 129 Å². The maximum atomic E-state index is 12.1. The normalized spacial score (nSPS) is 14.6. The highest BCUT2D eigenvalue weighted by molar-refractivity contribution is 5.83. The Kier molecular flexibility index (Phi) is 5.63. The highest BCUT2D eigenvalue weighted by Crippen LogP contribution is 2.36. The Balaban J connectivity index is 1.88. The lowest BCUT2D eigenvalue weighted by Crippen LogP contribution is -2.39. The average molecular weight is 307 g/mol. The van der Waals surface area contributed by atoms with Crippen molar-refractivity contribution in [3.63, 3.8) is 0 Å². The summed E-state index contributed by atoms with van der Waals surface area (Å²) in [5, 5.41) is 0. The zero-order valence-corrected chi connectivity index (χ0v) is 13.0. The first kappa shape index (κ1) is 16.1. The maximum absolute atomic E-state index is 12.1. The number of methoxy groups -OCH3 is 2. The molecule has 0 spiro atoms. The summed E-state index contributed by atoms with van der Waals surface area (Å²) in [6.45, 7) is 1.26. The number of ether oxygens (including phenoxy) is 3. The van der Waals surface area contributed by atoms with E-state index in [1.807, 2.05) is 0 Å². The first-order valence-electron chi connectivity index (χ1n) is 7.29. The number of benzene rings is 1. The smallest absolute Gasteiger partial charge is 0.226 e. The second-order valence-corrected chi connectivity index (χ2v) is 5.01. The monoisotopic (exact) mass is 307 g/mol. The molecule has 1 aliphatic heterocycles. The number of hydrogen-bond donors (Lipinski definition) is 0. The van der Waals surface area contributed by atoms with Crippen LogP contribution in [0.2, 0.25) is 0 Å². The minimum Gasteiger partial charge on any atom is -0.493 e. The summed E-state index contributed by atoms with van der Waals surface area (Å²) in [7, 11) is 3.11. The summed E-state index contributed by atoms with van der Waals surface area (Å²) in [5.41, 5.74) is 0. The summed E-state index contributed by atoms with van der Waals surface area (Å²) in [6, 6.07) is 5.35. The number of carbonyl (C=O) groups excluding carboxylic acids is 2. The minimum absolute atomic E-state index is 0.00126. The maximum Gasteiger partial charge on any atom is 0.226 e. The van der Waals surface area contributed by atoms with E-state index in [9.17, 15) is 9.59 Å². The van der Waals surface area contributed by atoms with E-state index in [0.29, 0.717) is 43.2 Å². The lowest BCUT2D eigenvalue weighted by atomic mass is 10.1. The topological polar surface area (TPSA) is 65.1 Å². The number of ketones is 1. The molecule has 1 saturated heterocycles. The van der Waals surface area contributed by atoms with Gasteiger partial charge in [-0.3, -0.25) is 9.59 Å². The molecule has 1 heterocycles. The summed E-state index contributed by atoms with van der Waals surface area (Å²) in [6.07, 6.45) is 1.16. The van der Waals surface area contributed by atoms with Gasteiger partial charge in [-0.2, -0.15) is 0 Å². The third-order valence-corrected chi connectivity index (χ3v) is 3.62. The van der Waals surface area contributed by atoms with Crippen LogP contribution in [0.3, 0.4) is 0 Å². The lowest BCUT2D eigenvalue weighted by Gasteiger charge is -2.26. The largest absolute Gasteiger partial charge is 0.493 e. The average Bonchev–Trinajstić information content (AvgIpc) is 2.55. The predicted octanol–water partition coefficient (Wildman–Crippen LogP) is 1.66. The van der Waals surface area contributed by atoms with Crippen LogP contribution in [0.25, 0.3) is 0 Å². The molecule has 1 fully saturated rings. The molecule has 1 aromatic rings. The number of hydrogen-bond acceptors (Lipinski definition) is 5. The van der Waals surface area contributed by atoms with Gasteiger partial charge in [-0.25, -0.2) is 0 Å². The number of Topliss-reactive ketones (excluding diaryl/α,β-unsaturated/α-hetero) is 1. The van der Waals surface area contributed by atoms with Crippen LogP contribution in [-0.2, 0) is 9.59 Å². The van der Waals surface area contributed by atoms with Gasteiger partial charge < -0.3 is 19.1 Å². The number of amides is 1. The van der Waals surface area contributed by atoms with E-state index in [4.69, 9.17) is 14.2 Å². The molecule has 1 aromatic carbocycles. The molecule has 0 bridgehead atoms. The highest BCUT2D eigenvalue weighted by atomic mass is 16.5. The highest BCUT2D eigenvalue weighted by Gasteiger charge is 2.21. The summed E-state index contributed by atoms with van der Waals surface area (Å²) < 4.78 is 16.1. The van der Waals surface area contributed by atoms with Gasteiger partial charge in [0.1, 0.15) is 5.78 Å². The van der Waals surface area contributed by atoms with E-state index >= 15 is 0 Å². The van der Waals surface area contributed by atoms with Crippen molar-refractivity contribution in [1.29, 1.82) is 0 Å². The van der Waals surface area contributed by atoms with Gasteiger partial charge in [-0.15, -0.1) is 0 Å². The predicted molar refractivity (Wildman–Crippen MR) is 80.5 cm³/mol. The van der Waals surface area contributed by atoms with Gasteiger partial charge in [-0.1, -0.05) is 6.07 Å². The molecule has 0 atom stereocenters. The zero-order chi connectivity index (χ0) is 15.9. The van der Waals surface area contributed by atoms with Crippen molar-refractivity contribution in [1.82, 2.24) is 4.90 Å². The molecule has 0 radical (unpaired) electrons. The molecular formula is C16H21NO5. The van der Waals surface area contributed by atoms with Crippen molar-refractivity contribution in [2.24, 2.45) is 0 Å². The van der Waals surface area contributed by atoms with Gasteiger partial charge in [0, 0.05) is 25.9 Å². The summed E-state index contributed by atoms with van der Waals surface area (Å²) in [5.74, 6) is 1.85. The number of piperidine rings is 1. The Morgan fingerprint density at radius 2 is 1.73 bits per heavy atom. The van der Waals surface area contributed by atoms with Crippen LogP contribution in [0.4, 0.5) is 0 Å². The number of rotatable bonds is 6. The number of nitrogens with zero attached hydrogens (tertiary/aromatic N) is 1. The summed E-state index contributed by atoms with van der Waals surface area (Å²) in [4.78, 5) is 25.0. The molecule has 0 unspecified atom stereocenters. The lowest BCUT2D eigenvalue weighted by molar-refractivity contribution is -0.134. The van der Waals surface area contributed by atoms with E-state index in [2.05, 4.69) is 0 Å². The second-order valence-electron chi connectivity index (χ2n) is 5.01. The van der Waals surface area contributed by atoms with Crippen molar-refractivity contribution >= 4 is 11.7 Å². The van der Waals surface area contributed by atoms with Crippen LogP contribution < -0.4 is 14.2 Å². The third-order valence-electron chi connectivity index (χ3n) is 3.62. The van der Waals surface area contributed by atoms with Crippen LogP contribution >= 0.6 is 0 Å². The van der Waals surface area contributed by atoms with E-state index in [1.165, 1.54) is 0 Å². The standard InChI is InChI=1S/C16H21NO5/c1-20-13-4-3-5-14(21-2)16(13)22-11-8-15(19)17-9-6-12(18)7-10-17/h3-5H,6-11H2,1-2H3. The molecule has 120 valence electrons. The summed E-state index contributed by atoms with van der Waals surface area (Å²) >= 11 is 0. The zero-order valence-electron chi connectivity index (χ0n) is 13.0. The Morgan fingerprint density at radius 1 is 1.14 bits per heavy atom. The Morgan fingerprint density at radius 3 is 2.27 bits per heavy atom. The van der Waals surface area contributed by atoms with Gasteiger partial charge in [-0.05, 0) is 12.1 Å². The molecule has 6 nitrogen and oxygen atoms in total. The molecule has 0 aliphatic carbocycles. The fourth-order valence-corrected chi connectivity index (χ4v) is 2.36. The molecule has 1 amide bonds. The Bertz CT molecular complexity index is 511. The first-order chi connectivity index (χ1) is 10.7. The number of likely N-dealkylation sites (tertiary alicyclic amines) is 1. The molecule has 0 saturated carbocycles. The van der Waals surface area contributed by atoms with Gasteiger partial charge >= 0.3 is 0 Å². The molecule has 0 aromatic heterocycles. The van der Waals surface area contributed by atoms with Crippen LogP contribution in [0, 0.1) is 0 Å². The Hall–Kier alpha value is -2.24. The molecule has 22 heavy (non-hydrogen) atoms. The van der Waals surface area contributed by atoms with E-state index in [-0.39, 0.29) is 24.7 Å². The third kappa shape index (κ3) is 3.90. The van der Waals surface area contributed by atoms with Crippen molar-refractivity contribution in [2.45, 2.75) is 19.3 Å². The van der Waals surface area contributed by atoms with Gasteiger partial charge in [0.15, 0.2) is 11.5 Å². The molecular weight excluding hydrogens is 286 g/mol. The van der Waals surface area contributed by atoms with E-state index in [0.717, 1.165) is 0 Å². The fraction of sp³-hybridized carbons (Fsp3) is 0.500. The quantitative estimate of drug-likeness (QED) is 0.800. The van der Waals surface area contributed by atoms with Crippen molar-refractivity contribution in [3.8, 4) is 17.2 Å². The fourth-order valence-electron chi connectivity index (χ4n) is 2.36. The van der Waals surface area contributed by atoms with Crippen LogP contribution in [-0.4, -0.2) is 50.5 Å². The van der Waals surface area contributed by atoms with Gasteiger partial charge in [0.2, 0.25) is 11.7 Å². The first-order valence-corrected chi connectivity index (χ1v) is 7.29. The molecule has 1 aliphatic rings. The minimum atomic E-state index is 0.00126. The van der Waals surface area contributed by atoms with Crippen LogP contribution in [0.15, 0.2) is 18.2 Å². The second kappa shape index (κ2) is 7.68. The van der Waals surface area contributed by atoms with Crippen LogP contribution in [0.1, 0.15) is 19.3 Å². The van der Waals surface area contributed by atoms with Crippen molar-refractivity contribution in [3.05, 3.63) is 18.2 Å². The molecule has 2 rings (SSSR count).